The molecule has 1 heterocycles. The second kappa shape index (κ2) is 6.32. The Morgan fingerprint density at radius 2 is 1.79 bits per heavy atom. The first-order valence-electron chi connectivity index (χ1n) is 5.96. The van der Waals surface area contributed by atoms with Crippen LogP contribution in [0.2, 0.25) is 0 Å². The molecule has 0 radical (unpaired) electrons. The summed E-state index contributed by atoms with van der Waals surface area (Å²) in [5.41, 5.74) is 0. The molecular weight excluding hydrogens is 208 g/mol. The quantitative estimate of drug-likeness (QED) is 0.646. The number of hydrogen-bond donors (Lipinski definition) is 0. The monoisotopic (exact) mass is 232 g/mol. The SMILES string of the molecule is CCCC1(CCCC(C)C)SCCS1. The first-order chi connectivity index (χ1) is 6.68. The molecule has 0 nitrogen and oxygen atoms in total. The summed E-state index contributed by atoms with van der Waals surface area (Å²) in [5, 5.41) is 0. The molecule has 0 spiro atoms. The van der Waals surface area contributed by atoms with Gasteiger partial charge in [0, 0.05) is 11.5 Å². The highest BCUT2D eigenvalue weighted by atomic mass is 32.2. The molecule has 0 aromatic rings. The van der Waals surface area contributed by atoms with Gasteiger partial charge < -0.3 is 0 Å². The van der Waals surface area contributed by atoms with E-state index in [1.54, 1.807) is 0 Å². The predicted molar refractivity (Wildman–Crippen MR) is 71.2 cm³/mol. The van der Waals surface area contributed by atoms with E-state index in [2.05, 4.69) is 44.3 Å². The maximum atomic E-state index is 2.33. The van der Waals surface area contributed by atoms with Gasteiger partial charge in [-0.1, -0.05) is 40.0 Å². The van der Waals surface area contributed by atoms with Gasteiger partial charge in [0.1, 0.15) is 0 Å². The zero-order chi connectivity index (χ0) is 10.4. The van der Waals surface area contributed by atoms with Gasteiger partial charge in [0.05, 0.1) is 4.08 Å². The molecule has 0 aromatic heterocycles. The smallest absolute Gasteiger partial charge is 0.0611 e. The highest BCUT2D eigenvalue weighted by Gasteiger charge is 2.33. The molecule has 0 unspecified atom stereocenters. The summed E-state index contributed by atoms with van der Waals surface area (Å²) in [6.45, 7) is 6.99. The zero-order valence-corrected chi connectivity index (χ0v) is 11.5. The molecule has 14 heavy (non-hydrogen) atoms. The first-order valence-corrected chi connectivity index (χ1v) is 7.93. The second-order valence-electron chi connectivity index (χ2n) is 4.64. The van der Waals surface area contributed by atoms with E-state index < -0.39 is 0 Å². The molecule has 0 bridgehead atoms. The van der Waals surface area contributed by atoms with Crippen molar-refractivity contribution >= 4 is 23.5 Å². The molecule has 1 rings (SSSR count). The van der Waals surface area contributed by atoms with Gasteiger partial charge in [-0.05, 0) is 18.8 Å². The largest absolute Gasteiger partial charge is 0.143 e. The summed E-state index contributed by atoms with van der Waals surface area (Å²) in [6.07, 6.45) is 7.04. The lowest BCUT2D eigenvalue weighted by molar-refractivity contribution is 0.513. The highest BCUT2D eigenvalue weighted by molar-refractivity contribution is 8.21. The zero-order valence-electron chi connectivity index (χ0n) is 9.84. The fraction of sp³-hybridized carbons (Fsp3) is 1.00. The Kier molecular flexibility index (Phi) is 5.76. The summed E-state index contributed by atoms with van der Waals surface area (Å²) >= 11 is 4.46. The molecule has 1 aliphatic heterocycles. The highest BCUT2D eigenvalue weighted by Crippen LogP contribution is 2.50. The van der Waals surface area contributed by atoms with Crippen molar-refractivity contribution in [2.24, 2.45) is 5.92 Å². The fourth-order valence-electron chi connectivity index (χ4n) is 2.07. The van der Waals surface area contributed by atoms with E-state index in [-0.39, 0.29) is 0 Å². The topological polar surface area (TPSA) is 0 Å². The molecule has 1 aliphatic rings. The third-order valence-electron chi connectivity index (χ3n) is 2.78. The van der Waals surface area contributed by atoms with Crippen molar-refractivity contribution in [3.05, 3.63) is 0 Å². The van der Waals surface area contributed by atoms with E-state index >= 15 is 0 Å². The Labute approximate surface area is 98.0 Å². The average Bonchev–Trinajstić information content (AvgIpc) is 2.53. The summed E-state index contributed by atoms with van der Waals surface area (Å²) < 4.78 is 0.615. The van der Waals surface area contributed by atoms with Gasteiger partial charge in [-0.25, -0.2) is 0 Å². The van der Waals surface area contributed by atoms with Crippen LogP contribution in [0.3, 0.4) is 0 Å². The van der Waals surface area contributed by atoms with Crippen LogP contribution in [0.5, 0.6) is 0 Å². The van der Waals surface area contributed by atoms with Crippen LogP contribution in [0.15, 0.2) is 0 Å². The summed E-state index contributed by atoms with van der Waals surface area (Å²) in [4.78, 5) is 0. The van der Waals surface area contributed by atoms with Gasteiger partial charge in [0.15, 0.2) is 0 Å². The lowest BCUT2D eigenvalue weighted by Crippen LogP contribution is -2.16. The van der Waals surface area contributed by atoms with E-state index in [1.165, 1.54) is 43.6 Å². The summed E-state index contributed by atoms with van der Waals surface area (Å²) in [6, 6.07) is 0. The summed E-state index contributed by atoms with van der Waals surface area (Å²) in [5.74, 6) is 3.64. The van der Waals surface area contributed by atoms with Crippen LogP contribution in [-0.2, 0) is 0 Å². The minimum Gasteiger partial charge on any atom is -0.143 e. The third kappa shape index (κ3) is 4.06. The lowest BCUT2D eigenvalue weighted by atomic mass is 10.0. The van der Waals surface area contributed by atoms with Gasteiger partial charge in [-0.15, -0.1) is 23.5 Å². The van der Waals surface area contributed by atoms with E-state index in [4.69, 9.17) is 0 Å². The van der Waals surface area contributed by atoms with Crippen LogP contribution in [0.4, 0.5) is 0 Å². The molecule has 2 heteroatoms. The molecule has 1 fully saturated rings. The molecule has 0 N–H and O–H groups in total. The standard InChI is InChI=1S/C12H24S2/c1-4-7-12(13-9-10-14-12)8-5-6-11(2)3/h11H,4-10H2,1-3H3. The van der Waals surface area contributed by atoms with Crippen LogP contribution in [0.25, 0.3) is 0 Å². The molecule has 0 amide bonds. The van der Waals surface area contributed by atoms with E-state index in [0.29, 0.717) is 4.08 Å². The maximum Gasteiger partial charge on any atom is 0.0611 e. The molecule has 1 saturated heterocycles. The van der Waals surface area contributed by atoms with Gasteiger partial charge in [-0.2, -0.15) is 0 Å². The van der Waals surface area contributed by atoms with Gasteiger partial charge in [0.25, 0.3) is 0 Å². The average molecular weight is 232 g/mol. The minimum absolute atomic E-state index is 0.615. The molecule has 0 saturated carbocycles. The molecule has 0 aliphatic carbocycles. The third-order valence-corrected chi connectivity index (χ3v) is 6.43. The van der Waals surface area contributed by atoms with Crippen molar-refractivity contribution < 1.29 is 0 Å². The molecule has 0 aromatic carbocycles. The Morgan fingerprint density at radius 3 is 2.29 bits per heavy atom. The summed E-state index contributed by atoms with van der Waals surface area (Å²) in [7, 11) is 0. The van der Waals surface area contributed by atoms with Gasteiger partial charge >= 0.3 is 0 Å². The van der Waals surface area contributed by atoms with Crippen molar-refractivity contribution in [2.75, 3.05) is 11.5 Å². The normalized spacial score (nSPS) is 20.6. The van der Waals surface area contributed by atoms with Crippen molar-refractivity contribution in [3.8, 4) is 0 Å². The first kappa shape index (κ1) is 12.8. The number of rotatable bonds is 6. The van der Waals surface area contributed by atoms with Crippen LogP contribution >= 0.6 is 23.5 Å². The van der Waals surface area contributed by atoms with Crippen molar-refractivity contribution in [2.45, 2.75) is 57.0 Å². The van der Waals surface area contributed by atoms with Crippen LogP contribution < -0.4 is 0 Å². The molecule has 0 atom stereocenters. The van der Waals surface area contributed by atoms with E-state index in [0.717, 1.165) is 5.92 Å². The van der Waals surface area contributed by atoms with Gasteiger partial charge in [0.2, 0.25) is 0 Å². The van der Waals surface area contributed by atoms with Crippen molar-refractivity contribution in [1.82, 2.24) is 0 Å². The molecular formula is C12H24S2. The van der Waals surface area contributed by atoms with Crippen LogP contribution in [-0.4, -0.2) is 15.6 Å². The number of hydrogen-bond acceptors (Lipinski definition) is 2. The Bertz CT molecular complexity index is 148. The van der Waals surface area contributed by atoms with E-state index in [9.17, 15) is 0 Å². The molecule has 84 valence electrons. The Morgan fingerprint density at radius 1 is 1.14 bits per heavy atom. The maximum absolute atomic E-state index is 2.33. The lowest BCUT2D eigenvalue weighted by Gasteiger charge is -2.27. The minimum atomic E-state index is 0.615. The van der Waals surface area contributed by atoms with Crippen LogP contribution in [0.1, 0.15) is 52.9 Å². The second-order valence-corrected chi connectivity index (χ2v) is 7.86. The Balaban J connectivity index is 2.28. The van der Waals surface area contributed by atoms with Crippen molar-refractivity contribution in [1.29, 1.82) is 0 Å². The fourth-order valence-corrected chi connectivity index (χ4v) is 5.59. The van der Waals surface area contributed by atoms with E-state index in [1.807, 2.05) is 0 Å². The Hall–Kier alpha value is 0.700. The van der Waals surface area contributed by atoms with Gasteiger partial charge in [-0.3, -0.25) is 0 Å². The number of thioether (sulfide) groups is 2. The predicted octanol–water partition coefficient (Wildman–Crippen LogP) is 4.79. The van der Waals surface area contributed by atoms with Crippen molar-refractivity contribution in [3.63, 3.8) is 0 Å². The van der Waals surface area contributed by atoms with Crippen LogP contribution in [0, 0.1) is 5.92 Å².